The number of nitrogens with two attached hydrogens (primary N) is 1. The highest BCUT2D eigenvalue weighted by Gasteiger charge is 2.24. The molecule has 1 fully saturated rings. The first-order chi connectivity index (χ1) is 10.3. The van der Waals surface area contributed by atoms with Crippen molar-refractivity contribution in [3.8, 4) is 0 Å². The standard InChI is InChI=1S/C17H23N3O/c18-15-10-19-16-8-4-3-7-14(16)17(15)20-9-12-5-1-2-6-13(12)11-21/h3-4,7-8,10,12-13,21H,1-2,5-6,9,11,18H2,(H,19,20). The van der Waals surface area contributed by atoms with E-state index in [-0.39, 0.29) is 0 Å². The maximum Gasteiger partial charge on any atom is 0.0743 e. The summed E-state index contributed by atoms with van der Waals surface area (Å²) in [6, 6.07) is 8.03. The maximum atomic E-state index is 9.52. The van der Waals surface area contributed by atoms with Crippen molar-refractivity contribution < 1.29 is 5.11 Å². The monoisotopic (exact) mass is 285 g/mol. The zero-order valence-electron chi connectivity index (χ0n) is 12.3. The van der Waals surface area contributed by atoms with Crippen molar-refractivity contribution >= 4 is 22.3 Å². The number of para-hydroxylation sites is 1. The van der Waals surface area contributed by atoms with E-state index in [0.29, 0.717) is 24.1 Å². The van der Waals surface area contributed by atoms with Crippen molar-refractivity contribution in [3.05, 3.63) is 30.5 Å². The fourth-order valence-corrected chi connectivity index (χ4v) is 3.38. The largest absolute Gasteiger partial charge is 0.396 e. The number of aliphatic hydroxyl groups excluding tert-OH is 1. The summed E-state index contributed by atoms with van der Waals surface area (Å²) in [7, 11) is 0. The van der Waals surface area contributed by atoms with Crippen LogP contribution in [0.1, 0.15) is 25.7 Å². The molecule has 3 rings (SSSR count). The van der Waals surface area contributed by atoms with Crippen LogP contribution in [-0.4, -0.2) is 23.2 Å². The lowest BCUT2D eigenvalue weighted by molar-refractivity contribution is 0.141. The Labute approximate surface area is 125 Å². The average Bonchev–Trinajstić information content (AvgIpc) is 2.54. The van der Waals surface area contributed by atoms with Gasteiger partial charge in [-0.1, -0.05) is 31.0 Å². The number of nitrogens with zero attached hydrogens (tertiary/aromatic N) is 1. The minimum atomic E-state index is 0.291. The van der Waals surface area contributed by atoms with Crippen LogP contribution in [0.2, 0.25) is 0 Å². The van der Waals surface area contributed by atoms with Crippen LogP contribution in [0.5, 0.6) is 0 Å². The van der Waals surface area contributed by atoms with Crippen LogP contribution in [-0.2, 0) is 0 Å². The Balaban J connectivity index is 1.80. The molecule has 4 nitrogen and oxygen atoms in total. The van der Waals surface area contributed by atoms with Crippen molar-refractivity contribution in [1.29, 1.82) is 0 Å². The normalized spacial score (nSPS) is 22.3. The van der Waals surface area contributed by atoms with Gasteiger partial charge in [0.25, 0.3) is 0 Å². The highest BCUT2D eigenvalue weighted by atomic mass is 16.3. The Bertz CT molecular complexity index is 614. The smallest absolute Gasteiger partial charge is 0.0743 e. The third kappa shape index (κ3) is 2.95. The van der Waals surface area contributed by atoms with Crippen LogP contribution >= 0.6 is 0 Å². The SMILES string of the molecule is Nc1cnc2ccccc2c1NCC1CCCCC1CO. The van der Waals surface area contributed by atoms with Gasteiger partial charge in [0.1, 0.15) is 0 Å². The number of aromatic nitrogens is 1. The molecule has 1 aliphatic carbocycles. The molecule has 1 saturated carbocycles. The molecule has 2 aromatic rings. The minimum Gasteiger partial charge on any atom is -0.396 e. The molecule has 1 aromatic heterocycles. The number of benzene rings is 1. The molecule has 0 bridgehead atoms. The van der Waals surface area contributed by atoms with Crippen molar-refractivity contribution in [2.45, 2.75) is 25.7 Å². The number of anilines is 2. The van der Waals surface area contributed by atoms with Crippen LogP contribution < -0.4 is 11.1 Å². The summed E-state index contributed by atoms with van der Waals surface area (Å²) in [5, 5.41) is 14.1. The molecule has 1 aromatic carbocycles. The average molecular weight is 285 g/mol. The van der Waals surface area contributed by atoms with E-state index < -0.39 is 0 Å². The second-order valence-electron chi connectivity index (χ2n) is 5.97. The fraction of sp³-hybridized carbons (Fsp3) is 0.471. The summed E-state index contributed by atoms with van der Waals surface area (Å²) < 4.78 is 0. The number of fused-ring (bicyclic) bond motifs is 1. The van der Waals surface area contributed by atoms with Gasteiger partial charge < -0.3 is 16.2 Å². The predicted molar refractivity (Wildman–Crippen MR) is 87.2 cm³/mol. The summed E-state index contributed by atoms with van der Waals surface area (Å²) in [4.78, 5) is 4.36. The van der Waals surface area contributed by atoms with Crippen molar-refractivity contribution in [2.24, 2.45) is 11.8 Å². The van der Waals surface area contributed by atoms with Gasteiger partial charge in [0.15, 0.2) is 0 Å². The Morgan fingerprint density at radius 3 is 2.76 bits per heavy atom. The second kappa shape index (κ2) is 6.31. The number of hydrogen-bond donors (Lipinski definition) is 3. The van der Waals surface area contributed by atoms with Crippen LogP contribution in [0.3, 0.4) is 0 Å². The fourth-order valence-electron chi connectivity index (χ4n) is 3.38. The molecule has 2 unspecified atom stereocenters. The van der Waals surface area contributed by atoms with E-state index in [0.717, 1.165) is 29.6 Å². The van der Waals surface area contributed by atoms with E-state index in [9.17, 15) is 5.11 Å². The lowest BCUT2D eigenvalue weighted by Gasteiger charge is -2.30. The van der Waals surface area contributed by atoms with Gasteiger partial charge in [-0.25, -0.2) is 0 Å². The van der Waals surface area contributed by atoms with Gasteiger partial charge in [0, 0.05) is 18.5 Å². The summed E-state index contributed by atoms with van der Waals surface area (Å²) >= 11 is 0. The summed E-state index contributed by atoms with van der Waals surface area (Å²) in [6.45, 7) is 1.16. The van der Waals surface area contributed by atoms with Crippen molar-refractivity contribution in [1.82, 2.24) is 4.98 Å². The predicted octanol–water partition coefficient (Wildman–Crippen LogP) is 3.03. The number of nitrogen functional groups attached to an aromatic ring is 1. The number of pyridine rings is 1. The molecule has 112 valence electrons. The Hall–Kier alpha value is -1.81. The van der Waals surface area contributed by atoms with Gasteiger partial charge in [-0.15, -0.1) is 0 Å². The lowest BCUT2D eigenvalue weighted by Crippen LogP contribution is -2.28. The number of aliphatic hydroxyl groups is 1. The van der Waals surface area contributed by atoms with Gasteiger partial charge in [-0.3, -0.25) is 4.98 Å². The lowest BCUT2D eigenvalue weighted by atomic mass is 9.79. The van der Waals surface area contributed by atoms with Gasteiger partial charge in [-0.05, 0) is 30.7 Å². The number of nitrogens with one attached hydrogen (secondary N) is 1. The van der Waals surface area contributed by atoms with Crippen molar-refractivity contribution in [3.63, 3.8) is 0 Å². The van der Waals surface area contributed by atoms with E-state index in [1.165, 1.54) is 19.3 Å². The molecule has 4 heteroatoms. The summed E-state index contributed by atoms with van der Waals surface area (Å²) in [5.41, 5.74) is 8.71. The minimum absolute atomic E-state index is 0.291. The first-order valence-electron chi connectivity index (χ1n) is 7.77. The zero-order chi connectivity index (χ0) is 14.7. The molecule has 1 heterocycles. The van der Waals surface area contributed by atoms with Gasteiger partial charge in [0.2, 0.25) is 0 Å². The van der Waals surface area contributed by atoms with Crippen molar-refractivity contribution in [2.75, 3.05) is 24.2 Å². The highest BCUT2D eigenvalue weighted by molar-refractivity contribution is 5.96. The zero-order valence-corrected chi connectivity index (χ0v) is 12.3. The second-order valence-corrected chi connectivity index (χ2v) is 5.97. The van der Waals surface area contributed by atoms with Gasteiger partial charge >= 0.3 is 0 Å². The summed E-state index contributed by atoms with van der Waals surface area (Å²) in [6.07, 6.45) is 6.53. The highest BCUT2D eigenvalue weighted by Crippen LogP contribution is 2.32. The summed E-state index contributed by atoms with van der Waals surface area (Å²) in [5.74, 6) is 0.940. The van der Waals surface area contributed by atoms with Gasteiger partial charge in [0.05, 0.1) is 23.1 Å². The van der Waals surface area contributed by atoms with Crippen LogP contribution in [0.15, 0.2) is 30.5 Å². The molecule has 0 amide bonds. The Morgan fingerprint density at radius 2 is 1.95 bits per heavy atom. The van der Waals surface area contributed by atoms with E-state index in [1.54, 1.807) is 6.20 Å². The van der Waals surface area contributed by atoms with Gasteiger partial charge in [-0.2, -0.15) is 0 Å². The molecule has 1 aliphatic rings. The first kappa shape index (κ1) is 14.1. The maximum absolute atomic E-state index is 9.52. The van der Waals surface area contributed by atoms with E-state index in [4.69, 9.17) is 5.73 Å². The molecule has 0 aliphatic heterocycles. The molecule has 2 atom stereocenters. The topological polar surface area (TPSA) is 71.2 Å². The first-order valence-corrected chi connectivity index (χ1v) is 7.77. The molecule has 0 spiro atoms. The third-order valence-electron chi connectivity index (χ3n) is 4.65. The van der Waals surface area contributed by atoms with E-state index in [1.807, 2.05) is 24.3 Å². The van der Waals surface area contributed by atoms with Crippen LogP contribution in [0.25, 0.3) is 10.9 Å². The van der Waals surface area contributed by atoms with Crippen LogP contribution in [0.4, 0.5) is 11.4 Å². The Kier molecular flexibility index (Phi) is 4.25. The number of hydrogen-bond acceptors (Lipinski definition) is 4. The quantitative estimate of drug-likeness (QED) is 0.807. The Morgan fingerprint density at radius 1 is 1.19 bits per heavy atom. The third-order valence-corrected chi connectivity index (χ3v) is 4.65. The molecule has 21 heavy (non-hydrogen) atoms. The van der Waals surface area contributed by atoms with Crippen LogP contribution in [0, 0.1) is 11.8 Å². The molecular formula is C17H23N3O. The number of rotatable bonds is 4. The molecular weight excluding hydrogens is 262 g/mol. The molecule has 4 N–H and O–H groups in total. The van der Waals surface area contributed by atoms with E-state index in [2.05, 4.69) is 10.3 Å². The molecule has 0 saturated heterocycles. The molecule has 0 radical (unpaired) electrons. The van der Waals surface area contributed by atoms with E-state index >= 15 is 0 Å².